The average molecular weight is 442 g/mol. The highest BCUT2D eigenvalue weighted by atomic mass is 16.6. The molecule has 1 amide bonds. The van der Waals surface area contributed by atoms with E-state index in [0.717, 1.165) is 5.56 Å². The van der Waals surface area contributed by atoms with Crippen LogP contribution >= 0.6 is 0 Å². The van der Waals surface area contributed by atoms with Crippen LogP contribution in [0.25, 0.3) is 6.08 Å². The largest absolute Gasteiger partial charge is 0.503 e. The van der Waals surface area contributed by atoms with Gasteiger partial charge in [0.25, 0.3) is 11.6 Å². The maximum atomic E-state index is 13.1. The molecule has 0 aromatic heterocycles. The van der Waals surface area contributed by atoms with Crippen molar-refractivity contribution >= 4 is 23.4 Å². The second kappa shape index (κ2) is 9.40. The number of allylic oxidation sites excluding steroid dienone is 1. The Morgan fingerprint density at radius 2 is 1.70 bits per heavy atom. The van der Waals surface area contributed by atoms with Gasteiger partial charge in [-0.1, -0.05) is 42.5 Å². The Hall–Kier alpha value is -4.39. The van der Waals surface area contributed by atoms with Crippen molar-refractivity contribution in [3.63, 3.8) is 0 Å². The number of carbonyl (C=O) groups excluding carboxylic acids is 1. The highest BCUT2D eigenvalue weighted by Crippen LogP contribution is 2.42. The number of aliphatic hydroxyl groups excluding tert-OH is 1. The average Bonchev–Trinajstić information content (AvgIpc) is 3.10. The topological polar surface area (TPSA) is 92.9 Å². The molecule has 0 bridgehead atoms. The van der Waals surface area contributed by atoms with Crippen LogP contribution in [0.1, 0.15) is 23.6 Å². The number of benzene rings is 3. The van der Waals surface area contributed by atoms with E-state index in [9.17, 15) is 20.0 Å². The molecule has 0 fully saturated rings. The van der Waals surface area contributed by atoms with Crippen molar-refractivity contribution in [2.24, 2.45) is 0 Å². The maximum Gasteiger partial charge on any atom is 0.293 e. The van der Waals surface area contributed by atoms with Crippen LogP contribution < -0.4 is 9.64 Å². The van der Waals surface area contributed by atoms with Gasteiger partial charge in [-0.05, 0) is 53.9 Å². The molecule has 0 aliphatic carbocycles. The summed E-state index contributed by atoms with van der Waals surface area (Å²) in [5.74, 6) is -0.195. The lowest BCUT2D eigenvalue weighted by atomic mass is 9.96. The minimum absolute atomic E-state index is 0.0437. The van der Waals surface area contributed by atoms with Crippen molar-refractivity contribution in [1.82, 2.24) is 0 Å². The normalized spacial score (nSPS) is 16.0. The van der Waals surface area contributed by atoms with E-state index in [1.165, 1.54) is 17.0 Å². The highest BCUT2D eigenvalue weighted by molar-refractivity contribution is 6.08. The molecule has 33 heavy (non-hydrogen) atoms. The van der Waals surface area contributed by atoms with Gasteiger partial charge >= 0.3 is 0 Å². The molecular weight excluding hydrogens is 420 g/mol. The summed E-state index contributed by atoms with van der Waals surface area (Å²) >= 11 is 0. The molecule has 166 valence electrons. The van der Waals surface area contributed by atoms with Gasteiger partial charge in [-0.2, -0.15) is 0 Å². The number of nitro benzene ring substituents is 1. The van der Waals surface area contributed by atoms with Crippen molar-refractivity contribution in [2.75, 3.05) is 12.0 Å². The predicted octanol–water partition coefficient (Wildman–Crippen LogP) is 5.61. The molecule has 4 rings (SSSR count). The molecule has 1 unspecified atom stereocenters. The summed E-state index contributed by atoms with van der Waals surface area (Å²) in [5, 5.41) is 21.9. The van der Waals surface area contributed by atoms with Gasteiger partial charge < -0.3 is 9.84 Å². The van der Waals surface area contributed by atoms with Crippen molar-refractivity contribution in [3.05, 3.63) is 118 Å². The molecule has 0 saturated heterocycles. The minimum Gasteiger partial charge on any atom is -0.503 e. The molecule has 7 nitrogen and oxygen atoms in total. The van der Waals surface area contributed by atoms with Gasteiger partial charge in [0.2, 0.25) is 0 Å². The quantitative estimate of drug-likeness (QED) is 0.379. The Labute approximate surface area is 191 Å². The summed E-state index contributed by atoms with van der Waals surface area (Å²) in [6.45, 7) is 0. The monoisotopic (exact) mass is 442 g/mol. The number of rotatable bonds is 7. The number of amides is 1. The fourth-order valence-corrected chi connectivity index (χ4v) is 3.89. The second-order valence-electron chi connectivity index (χ2n) is 7.52. The minimum atomic E-state index is -0.605. The number of nitrogens with zero attached hydrogens (tertiary/aromatic N) is 2. The van der Waals surface area contributed by atoms with Crippen LogP contribution in [0.3, 0.4) is 0 Å². The predicted molar refractivity (Wildman–Crippen MR) is 126 cm³/mol. The Kier molecular flexibility index (Phi) is 6.22. The molecule has 1 heterocycles. The lowest BCUT2D eigenvalue weighted by molar-refractivity contribution is -0.384. The van der Waals surface area contributed by atoms with E-state index in [0.29, 0.717) is 29.0 Å². The standard InChI is InChI=1S/C26H22N2O5/c1-33-22-16-14-20(15-17-22)27-24(19-10-12-21(13-11-19)28(31)32)23(25(29)26(27)30)9-5-8-18-6-3-2-4-7-18/h2-8,10-17,24,29H,9H2,1H3. The summed E-state index contributed by atoms with van der Waals surface area (Å²) in [6.07, 6.45) is 4.15. The Morgan fingerprint density at radius 1 is 1.03 bits per heavy atom. The smallest absolute Gasteiger partial charge is 0.293 e. The number of ether oxygens (including phenoxy) is 1. The third-order valence-electron chi connectivity index (χ3n) is 5.53. The number of hydrogen-bond donors (Lipinski definition) is 1. The molecule has 1 N–H and O–H groups in total. The number of carbonyl (C=O) groups is 1. The first kappa shape index (κ1) is 21.8. The van der Waals surface area contributed by atoms with Crippen LogP contribution in [0.15, 0.2) is 96.3 Å². The van der Waals surface area contributed by atoms with E-state index in [1.807, 2.05) is 42.5 Å². The number of aliphatic hydroxyl groups is 1. The zero-order valence-electron chi connectivity index (χ0n) is 17.9. The number of methoxy groups -OCH3 is 1. The maximum absolute atomic E-state index is 13.1. The highest BCUT2D eigenvalue weighted by Gasteiger charge is 2.40. The van der Waals surface area contributed by atoms with Gasteiger partial charge in [0, 0.05) is 23.4 Å². The van der Waals surface area contributed by atoms with Crippen LogP contribution in [0, 0.1) is 10.1 Å². The van der Waals surface area contributed by atoms with Gasteiger partial charge in [-0.15, -0.1) is 0 Å². The molecule has 1 aliphatic rings. The Morgan fingerprint density at radius 3 is 2.30 bits per heavy atom. The molecule has 0 saturated carbocycles. The zero-order valence-corrected chi connectivity index (χ0v) is 17.9. The SMILES string of the molecule is COc1ccc(N2C(=O)C(O)=C(CC=Cc3ccccc3)C2c2ccc([N+](=O)[O-])cc2)cc1. The molecule has 3 aromatic carbocycles. The fourth-order valence-electron chi connectivity index (χ4n) is 3.89. The van der Waals surface area contributed by atoms with Gasteiger partial charge in [0.05, 0.1) is 18.1 Å². The van der Waals surface area contributed by atoms with E-state index in [2.05, 4.69) is 0 Å². The van der Waals surface area contributed by atoms with Gasteiger partial charge in [0.15, 0.2) is 5.76 Å². The molecule has 3 aromatic rings. The fraction of sp³-hybridized carbons (Fsp3) is 0.115. The zero-order chi connectivity index (χ0) is 23.4. The Bertz CT molecular complexity index is 1220. The first-order valence-electron chi connectivity index (χ1n) is 10.3. The van der Waals surface area contributed by atoms with Crippen LogP contribution in [0.5, 0.6) is 5.75 Å². The number of non-ortho nitro benzene ring substituents is 1. The van der Waals surface area contributed by atoms with E-state index in [4.69, 9.17) is 4.74 Å². The number of anilines is 1. The summed E-state index contributed by atoms with van der Waals surface area (Å²) in [4.78, 5) is 25.2. The van der Waals surface area contributed by atoms with E-state index >= 15 is 0 Å². The van der Waals surface area contributed by atoms with E-state index in [1.54, 1.807) is 43.5 Å². The van der Waals surface area contributed by atoms with Crippen molar-refractivity contribution in [1.29, 1.82) is 0 Å². The van der Waals surface area contributed by atoms with Gasteiger partial charge in [-0.25, -0.2) is 0 Å². The molecule has 0 radical (unpaired) electrons. The molecular formula is C26H22N2O5. The molecule has 0 spiro atoms. The number of hydrogen-bond acceptors (Lipinski definition) is 5. The van der Waals surface area contributed by atoms with Crippen LogP contribution in [0.4, 0.5) is 11.4 Å². The summed E-state index contributed by atoms with van der Waals surface area (Å²) in [5.41, 5.74) is 2.73. The molecule has 1 aliphatic heterocycles. The lowest BCUT2D eigenvalue weighted by Crippen LogP contribution is -2.30. The third kappa shape index (κ3) is 4.48. The molecule has 7 heteroatoms. The van der Waals surface area contributed by atoms with Crippen LogP contribution in [-0.4, -0.2) is 23.0 Å². The summed E-state index contributed by atoms with van der Waals surface area (Å²) < 4.78 is 5.21. The lowest BCUT2D eigenvalue weighted by Gasteiger charge is -2.27. The van der Waals surface area contributed by atoms with Crippen molar-refractivity contribution < 1.29 is 19.6 Å². The number of nitro groups is 1. The first-order chi connectivity index (χ1) is 16.0. The van der Waals surface area contributed by atoms with Gasteiger partial charge in [-0.3, -0.25) is 19.8 Å². The van der Waals surface area contributed by atoms with Gasteiger partial charge in [0.1, 0.15) is 5.75 Å². The van der Waals surface area contributed by atoms with Crippen LogP contribution in [0.2, 0.25) is 0 Å². The van der Waals surface area contributed by atoms with E-state index < -0.39 is 16.9 Å². The van der Waals surface area contributed by atoms with Crippen LogP contribution in [-0.2, 0) is 4.79 Å². The van der Waals surface area contributed by atoms with E-state index in [-0.39, 0.29) is 11.4 Å². The van der Waals surface area contributed by atoms with Crippen molar-refractivity contribution in [3.8, 4) is 5.75 Å². The van der Waals surface area contributed by atoms with Crippen molar-refractivity contribution in [2.45, 2.75) is 12.5 Å². The first-order valence-corrected chi connectivity index (χ1v) is 10.3. The Balaban J connectivity index is 1.72. The summed E-state index contributed by atoms with van der Waals surface area (Å²) in [6, 6.07) is 22.1. The summed E-state index contributed by atoms with van der Waals surface area (Å²) in [7, 11) is 1.56. The third-order valence-corrected chi connectivity index (χ3v) is 5.53. The second-order valence-corrected chi connectivity index (χ2v) is 7.52. The molecule has 1 atom stereocenters.